The van der Waals surface area contributed by atoms with Crippen molar-refractivity contribution in [1.29, 1.82) is 5.26 Å². The molecule has 0 amide bonds. The van der Waals surface area contributed by atoms with Gasteiger partial charge in [-0.1, -0.05) is 67.6 Å². The lowest BCUT2D eigenvalue weighted by Crippen LogP contribution is -2.37. The number of carboxylic acid groups (broad SMARTS) is 1. The minimum Gasteiger partial charge on any atom is -0.481 e. The fourth-order valence-corrected chi connectivity index (χ4v) is 4.78. The van der Waals surface area contributed by atoms with Gasteiger partial charge in [-0.25, -0.2) is 0 Å². The zero-order valence-electron chi connectivity index (χ0n) is 19.7. The Morgan fingerprint density at radius 1 is 1.03 bits per heavy atom. The molecule has 5 heteroatoms. The summed E-state index contributed by atoms with van der Waals surface area (Å²) in [7, 11) is 0. The van der Waals surface area contributed by atoms with E-state index < -0.39 is 11.9 Å². The number of anilines is 1. The summed E-state index contributed by atoms with van der Waals surface area (Å²) < 4.78 is 0. The predicted molar refractivity (Wildman–Crippen MR) is 135 cm³/mol. The molecule has 3 aromatic rings. The Hall–Kier alpha value is -3.62. The Balaban J connectivity index is 1.51. The SMILES string of the molecule is C[C@@H](CN[C@H](c1ccccc1)[C@H]1CNc2cccc(C#N)c2C1)c1ccc([C@@H](C)C(=O)O)cc1. The average molecular weight is 454 g/mol. The molecule has 0 spiro atoms. The second-order valence-electron chi connectivity index (χ2n) is 9.21. The summed E-state index contributed by atoms with van der Waals surface area (Å²) in [6.45, 7) is 5.52. The zero-order valence-corrected chi connectivity index (χ0v) is 19.7. The molecule has 1 aliphatic heterocycles. The maximum absolute atomic E-state index is 11.3. The number of hydrogen-bond acceptors (Lipinski definition) is 4. The number of benzene rings is 3. The van der Waals surface area contributed by atoms with Crippen LogP contribution in [0.4, 0.5) is 5.69 Å². The third-order valence-corrected chi connectivity index (χ3v) is 6.97. The maximum atomic E-state index is 11.3. The van der Waals surface area contributed by atoms with E-state index in [1.165, 1.54) is 11.1 Å². The molecule has 4 rings (SSSR count). The zero-order chi connectivity index (χ0) is 24.1. The highest BCUT2D eigenvalue weighted by atomic mass is 16.4. The topological polar surface area (TPSA) is 85.1 Å². The first-order valence-electron chi connectivity index (χ1n) is 11.8. The first-order chi connectivity index (χ1) is 16.5. The summed E-state index contributed by atoms with van der Waals surface area (Å²) in [5, 5.41) is 26.2. The Morgan fingerprint density at radius 2 is 1.74 bits per heavy atom. The summed E-state index contributed by atoms with van der Waals surface area (Å²) in [6.07, 6.45) is 0.842. The van der Waals surface area contributed by atoms with Gasteiger partial charge in [0.1, 0.15) is 0 Å². The van der Waals surface area contributed by atoms with Crippen molar-refractivity contribution in [2.75, 3.05) is 18.4 Å². The summed E-state index contributed by atoms with van der Waals surface area (Å²) in [5.74, 6) is -0.755. The van der Waals surface area contributed by atoms with Crippen LogP contribution in [0.5, 0.6) is 0 Å². The van der Waals surface area contributed by atoms with Gasteiger partial charge in [0.2, 0.25) is 0 Å². The van der Waals surface area contributed by atoms with Gasteiger partial charge in [0.15, 0.2) is 0 Å². The van der Waals surface area contributed by atoms with E-state index in [1.54, 1.807) is 6.92 Å². The molecule has 0 aliphatic carbocycles. The minimum absolute atomic E-state index is 0.141. The molecular formula is C29H31N3O2. The average Bonchev–Trinajstić information content (AvgIpc) is 2.88. The highest BCUT2D eigenvalue weighted by Crippen LogP contribution is 2.34. The van der Waals surface area contributed by atoms with Crippen molar-refractivity contribution in [2.24, 2.45) is 5.92 Å². The summed E-state index contributed by atoms with van der Waals surface area (Å²) in [5.41, 5.74) is 6.14. The van der Waals surface area contributed by atoms with E-state index in [0.717, 1.165) is 41.9 Å². The molecule has 4 atom stereocenters. The summed E-state index contributed by atoms with van der Waals surface area (Å²) in [4.78, 5) is 11.3. The van der Waals surface area contributed by atoms with Crippen LogP contribution in [0.1, 0.15) is 59.5 Å². The Labute approximate surface area is 201 Å². The lowest BCUT2D eigenvalue weighted by Gasteiger charge is -2.34. The summed E-state index contributed by atoms with van der Waals surface area (Å²) >= 11 is 0. The van der Waals surface area contributed by atoms with Crippen LogP contribution in [0.15, 0.2) is 72.8 Å². The number of rotatable bonds is 8. The maximum Gasteiger partial charge on any atom is 0.310 e. The molecule has 174 valence electrons. The first kappa shape index (κ1) is 23.5. The van der Waals surface area contributed by atoms with E-state index in [-0.39, 0.29) is 12.0 Å². The molecule has 1 heterocycles. The van der Waals surface area contributed by atoms with Crippen LogP contribution >= 0.6 is 0 Å². The Kier molecular flexibility index (Phi) is 7.30. The number of nitrogens with zero attached hydrogens (tertiary/aromatic N) is 1. The monoisotopic (exact) mass is 453 g/mol. The molecule has 0 unspecified atom stereocenters. The third kappa shape index (κ3) is 5.13. The number of fused-ring (bicyclic) bond motifs is 1. The third-order valence-electron chi connectivity index (χ3n) is 6.97. The van der Waals surface area contributed by atoms with Crippen LogP contribution < -0.4 is 10.6 Å². The van der Waals surface area contributed by atoms with Crippen molar-refractivity contribution < 1.29 is 9.90 Å². The van der Waals surface area contributed by atoms with E-state index in [0.29, 0.717) is 5.92 Å². The molecule has 0 bridgehead atoms. The van der Waals surface area contributed by atoms with E-state index >= 15 is 0 Å². The Morgan fingerprint density at radius 3 is 2.41 bits per heavy atom. The van der Waals surface area contributed by atoms with Crippen LogP contribution in [0.25, 0.3) is 0 Å². The van der Waals surface area contributed by atoms with E-state index in [9.17, 15) is 15.2 Å². The molecule has 34 heavy (non-hydrogen) atoms. The van der Waals surface area contributed by atoms with Crippen molar-refractivity contribution in [3.63, 3.8) is 0 Å². The second kappa shape index (κ2) is 10.5. The van der Waals surface area contributed by atoms with E-state index in [2.05, 4.69) is 47.9 Å². The molecule has 0 saturated carbocycles. The predicted octanol–water partition coefficient (Wildman–Crippen LogP) is 5.47. The van der Waals surface area contributed by atoms with Gasteiger partial charge in [-0.15, -0.1) is 0 Å². The molecular weight excluding hydrogens is 422 g/mol. The standard InChI is InChI=1S/C29H31N3O2/c1-19(21-11-13-22(14-12-21)20(2)29(33)34)17-32-28(23-7-4-3-5-8-23)25-15-26-24(16-30)9-6-10-27(26)31-18-25/h3-14,19-20,25,28,31-32H,15,17-18H2,1-2H3,(H,33,34)/t19-,20+,25+,28+/m0/s1. The van der Waals surface area contributed by atoms with Gasteiger partial charge in [-0.05, 0) is 59.6 Å². The molecule has 0 fully saturated rings. The van der Waals surface area contributed by atoms with Crippen molar-refractivity contribution in [1.82, 2.24) is 5.32 Å². The van der Waals surface area contributed by atoms with Crippen LogP contribution in [0, 0.1) is 17.2 Å². The molecule has 3 aromatic carbocycles. The number of carbonyl (C=O) groups is 1. The van der Waals surface area contributed by atoms with Gasteiger partial charge in [0.25, 0.3) is 0 Å². The van der Waals surface area contributed by atoms with Crippen molar-refractivity contribution >= 4 is 11.7 Å². The van der Waals surface area contributed by atoms with Gasteiger partial charge in [0, 0.05) is 24.8 Å². The van der Waals surface area contributed by atoms with Crippen molar-refractivity contribution in [3.05, 3.63) is 101 Å². The molecule has 1 aliphatic rings. The second-order valence-corrected chi connectivity index (χ2v) is 9.21. The highest BCUT2D eigenvalue weighted by Gasteiger charge is 2.29. The smallest absolute Gasteiger partial charge is 0.310 e. The number of carboxylic acids is 1. The largest absolute Gasteiger partial charge is 0.481 e. The van der Waals surface area contributed by atoms with Gasteiger partial charge in [0.05, 0.1) is 17.6 Å². The van der Waals surface area contributed by atoms with Crippen LogP contribution in [-0.4, -0.2) is 24.2 Å². The first-order valence-corrected chi connectivity index (χ1v) is 11.8. The minimum atomic E-state index is -0.810. The van der Waals surface area contributed by atoms with Gasteiger partial charge >= 0.3 is 5.97 Å². The van der Waals surface area contributed by atoms with Crippen LogP contribution in [0.3, 0.4) is 0 Å². The lowest BCUT2D eigenvalue weighted by molar-refractivity contribution is -0.138. The van der Waals surface area contributed by atoms with E-state index in [1.807, 2.05) is 48.5 Å². The molecule has 0 saturated heterocycles. The molecule has 0 radical (unpaired) electrons. The quantitative estimate of drug-likeness (QED) is 0.421. The normalized spacial score (nSPS) is 17.5. The van der Waals surface area contributed by atoms with Crippen molar-refractivity contribution in [3.8, 4) is 6.07 Å². The van der Waals surface area contributed by atoms with Gasteiger partial charge in [-0.2, -0.15) is 5.26 Å². The fraction of sp³-hybridized carbons (Fsp3) is 0.310. The Bertz CT molecular complexity index is 1170. The fourth-order valence-electron chi connectivity index (χ4n) is 4.78. The highest BCUT2D eigenvalue weighted by molar-refractivity contribution is 5.75. The number of nitriles is 1. The van der Waals surface area contributed by atoms with Crippen LogP contribution in [0.2, 0.25) is 0 Å². The lowest BCUT2D eigenvalue weighted by atomic mass is 9.83. The van der Waals surface area contributed by atoms with Gasteiger partial charge in [-0.3, -0.25) is 4.79 Å². The molecule has 0 aromatic heterocycles. The molecule has 3 N–H and O–H groups in total. The van der Waals surface area contributed by atoms with Crippen molar-refractivity contribution in [2.45, 2.75) is 38.1 Å². The number of aliphatic carboxylic acids is 1. The summed E-state index contributed by atoms with van der Waals surface area (Å²) in [6, 6.07) is 26.8. The number of hydrogen-bond donors (Lipinski definition) is 3. The van der Waals surface area contributed by atoms with E-state index in [4.69, 9.17) is 0 Å². The molecule has 5 nitrogen and oxygen atoms in total. The van der Waals surface area contributed by atoms with Gasteiger partial charge < -0.3 is 15.7 Å². The van der Waals surface area contributed by atoms with Crippen LogP contribution in [-0.2, 0) is 11.2 Å². The number of nitrogens with one attached hydrogen (secondary N) is 2.